The summed E-state index contributed by atoms with van der Waals surface area (Å²) in [5.74, 6) is 0.267. The zero-order valence-corrected chi connectivity index (χ0v) is 53.9. The molecule has 98 heavy (non-hydrogen) atoms. The molecule has 15 nitrogen and oxygen atoms in total. The van der Waals surface area contributed by atoms with Gasteiger partial charge in [-0.2, -0.15) is 0 Å². The minimum absolute atomic E-state index is 0.0931. The number of ether oxygens (including phenoxy) is 8. The summed E-state index contributed by atoms with van der Waals surface area (Å²) in [6.07, 6.45) is 9.33. The molecule has 12 aromatic carbocycles. The summed E-state index contributed by atoms with van der Waals surface area (Å²) in [6.45, 7) is 3.57. The van der Waals surface area contributed by atoms with Gasteiger partial charge < -0.3 is 58.3 Å². The van der Waals surface area contributed by atoms with Gasteiger partial charge in [-0.05, 0) is 206 Å². The van der Waals surface area contributed by atoms with Crippen LogP contribution < -0.4 is 37.9 Å². The van der Waals surface area contributed by atoms with E-state index in [2.05, 4.69) is 0 Å². The molecule has 0 fully saturated rings. The molecule has 0 spiro atoms. The Bertz CT molecular complexity index is 5070. The van der Waals surface area contributed by atoms with Crippen LogP contribution in [0.25, 0.3) is 68.8 Å². The molecule has 0 bridgehead atoms. The summed E-state index contributed by atoms with van der Waals surface area (Å²) in [7, 11) is 4.82. The Kier molecular flexibility index (Phi) is 19.5. The highest BCUT2D eigenvalue weighted by atomic mass is 16.6. The number of benzene rings is 12. The number of fused-ring (bicyclic) bond motifs is 3. The number of methoxy groups -OCH3 is 3. The van der Waals surface area contributed by atoms with Crippen LogP contribution in [0.1, 0.15) is 81.9 Å². The lowest BCUT2D eigenvalue weighted by atomic mass is 9.98. The fourth-order valence-electron chi connectivity index (χ4n) is 11.1. The van der Waals surface area contributed by atoms with E-state index in [1.165, 1.54) is 30.3 Å². The maximum absolute atomic E-state index is 14.4. The average Bonchev–Trinajstić information content (AvgIpc) is 0.821. The molecular weight excluding hydrogens is 1240 g/mol. The molecule has 0 saturated carbocycles. The fraction of sp³-hybridized carbons (Fsp3) is 0.0964. The fourth-order valence-corrected chi connectivity index (χ4v) is 11.1. The molecule has 0 amide bonds. The molecule has 0 heterocycles. The summed E-state index contributed by atoms with van der Waals surface area (Å²) >= 11 is 0. The first-order valence-corrected chi connectivity index (χ1v) is 31.3. The number of phenols is 4. The van der Waals surface area contributed by atoms with E-state index in [9.17, 15) is 34.8 Å². The molecule has 12 rings (SSSR count). The van der Waals surface area contributed by atoms with E-state index >= 15 is 0 Å². The maximum Gasteiger partial charge on any atom is 0.357 e. The van der Waals surface area contributed by atoms with Gasteiger partial charge in [0.1, 0.15) is 63.2 Å². The molecular formula is C83H66O15. The molecule has 0 saturated heterocycles. The van der Waals surface area contributed by atoms with Gasteiger partial charge in [0.05, 0.1) is 33.2 Å². The topological polar surface area (TPSA) is 206 Å². The molecule has 12 aromatic rings. The molecule has 0 radical (unpaired) electrons. The molecule has 0 aromatic heterocycles. The smallest absolute Gasteiger partial charge is 0.357 e. The van der Waals surface area contributed by atoms with E-state index in [0.717, 1.165) is 66.1 Å². The monoisotopic (exact) mass is 1300 g/mol. The highest BCUT2D eigenvalue weighted by molar-refractivity contribution is 5.90. The summed E-state index contributed by atoms with van der Waals surface area (Å²) in [5.41, 5.74) is 5.90. The van der Waals surface area contributed by atoms with Crippen molar-refractivity contribution < 1.29 is 72.7 Å². The summed E-state index contributed by atoms with van der Waals surface area (Å²) < 4.78 is 46.3. The highest BCUT2D eigenvalue weighted by Crippen LogP contribution is 2.37. The van der Waals surface area contributed by atoms with Crippen LogP contribution in [0.4, 0.5) is 0 Å². The van der Waals surface area contributed by atoms with Crippen LogP contribution in [0.5, 0.6) is 74.7 Å². The Morgan fingerprint density at radius 1 is 0.306 bits per heavy atom. The Morgan fingerprint density at radius 3 is 1.13 bits per heavy atom. The van der Waals surface area contributed by atoms with Crippen molar-refractivity contribution >= 4 is 86.7 Å². The predicted molar refractivity (Wildman–Crippen MR) is 381 cm³/mol. The van der Waals surface area contributed by atoms with E-state index in [1.807, 2.05) is 128 Å². The van der Waals surface area contributed by atoms with Crippen molar-refractivity contribution in [3.63, 3.8) is 0 Å². The second-order valence-electron chi connectivity index (χ2n) is 23.4. The lowest BCUT2D eigenvalue weighted by Crippen LogP contribution is -2.24. The third-order valence-corrected chi connectivity index (χ3v) is 16.5. The Balaban J connectivity index is 0.687. The van der Waals surface area contributed by atoms with Crippen LogP contribution >= 0.6 is 0 Å². The van der Waals surface area contributed by atoms with Crippen molar-refractivity contribution in [3.8, 4) is 74.7 Å². The van der Waals surface area contributed by atoms with Gasteiger partial charge >= 0.3 is 17.9 Å². The number of aromatic hydroxyl groups is 4. The largest absolute Gasteiger partial charge is 0.508 e. The SMILES string of the molecule is COc1ccc2cc(C(C)C(=O)Oc3cc(O)cc(/C=C/c4ccc(O)c(Oc5cc(O)cc(/C=C/c6ccc(OC(=O)C(Oc7cc(O)cc(/C=C/c8ccc(OC(=O)[C@H](C)c9ccc%10cc(OC)ccc%10c9)cc8)c7)c7ccc8cc(OC)ccc8c7)cc6)c5)c4)c3)ccc2c1. The normalized spacial score (nSPS) is 12.4. The summed E-state index contributed by atoms with van der Waals surface area (Å²) in [6, 6.07) is 66.6. The number of phenolic OH excluding ortho intramolecular Hbond substituents is 4. The lowest BCUT2D eigenvalue weighted by molar-refractivity contribution is -0.142. The summed E-state index contributed by atoms with van der Waals surface area (Å²) in [4.78, 5) is 41.0. The number of esters is 3. The molecule has 3 atom stereocenters. The molecule has 2 unspecified atom stereocenters. The van der Waals surface area contributed by atoms with Gasteiger partial charge in [-0.1, -0.05) is 134 Å². The first-order valence-electron chi connectivity index (χ1n) is 31.3. The van der Waals surface area contributed by atoms with Crippen molar-refractivity contribution in [1.82, 2.24) is 0 Å². The Morgan fingerprint density at radius 2 is 0.653 bits per heavy atom. The zero-order chi connectivity index (χ0) is 68.4. The van der Waals surface area contributed by atoms with Crippen LogP contribution in [0.3, 0.4) is 0 Å². The second-order valence-corrected chi connectivity index (χ2v) is 23.4. The molecule has 4 N–H and O–H groups in total. The molecule has 15 heteroatoms. The first-order chi connectivity index (χ1) is 47.5. The van der Waals surface area contributed by atoms with Gasteiger partial charge in [0.15, 0.2) is 11.5 Å². The third-order valence-electron chi connectivity index (χ3n) is 16.5. The van der Waals surface area contributed by atoms with Gasteiger partial charge in [0, 0.05) is 23.8 Å². The van der Waals surface area contributed by atoms with Crippen molar-refractivity contribution in [2.45, 2.75) is 31.8 Å². The van der Waals surface area contributed by atoms with E-state index in [-0.39, 0.29) is 51.7 Å². The van der Waals surface area contributed by atoms with Crippen LogP contribution in [0.15, 0.2) is 231 Å². The standard InChI is InChI=1S/C83H66O15/c1-50(58-17-19-63-44-72(91-3)30-23-60(63)41-58)81(88)96-70-26-12-52(13-27-70)7-10-56-35-68(85)48-76(38-56)95-80(66-22-21-65-46-74(93-5)32-25-62(65)43-66)83(90)97-71-28-14-53(15-29-71)6-9-55-34-67(84)47-75(37-55)94-79-40-54(16-33-78(79)87)8-11-57-36-69(86)49-77(39-57)98-82(89)51(2)59-18-20-64-45-73(92-4)31-24-61(64)42-59/h6-51,80,84-87H,1-5H3/b9-6+,10-7+,11-8+/t50-,51?,80?/m1/s1. The van der Waals surface area contributed by atoms with E-state index in [0.29, 0.717) is 39.3 Å². The molecule has 488 valence electrons. The number of carbonyl (C=O) groups is 3. The minimum Gasteiger partial charge on any atom is -0.508 e. The quantitative estimate of drug-likeness (QED) is 0.0283. The molecule has 0 aliphatic carbocycles. The zero-order valence-electron chi connectivity index (χ0n) is 53.9. The van der Waals surface area contributed by atoms with E-state index in [1.54, 1.807) is 144 Å². The molecule has 0 aliphatic heterocycles. The number of carbonyl (C=O) groups excluding carboxylic acids is 3. The van der Waals surface area contributed by atoms with Crippen LogP contribution in [-0.4, -0.2) is 59.7 Å². The number of hydrogen-bond acceptors (Lipinski definition) is 15. The van der Waals surface area contributed by atoms with Crippen molar-refractivity contribution in [2.75, 3.05) is 21.3 Å². The van der Waals surface area contributed by atoms with Crippen LogP contribution in [0.2, 0.25) is 0 Å². The summed E-state index contributed by atoms with van der Waals surface area (Å²) in [5, 5.41) is 48.9. The molecule has 0 aliphatic rings. The Hall–Kier alpha value is -12.8. The highest BCUT2D eigenvalue weighted by Gasteiger charge is 2.27. The van der Waals surface area contributed by atoms with Gasteiger partial charge in [-0.3, -0.25) is 9.59 Å². The van der Waals surface area contributed by atoms with Crippen LogP contribution in [0, 0.1) is 0 Å². The van der Waals surface area contributed by atoms with Gasteiger partial charge in [0.2, 0.25) is 6.10 Å². The van der Waals surface area contributed by atoms with Gasteiger partial charge in [-0.25, -0.2) is 4.79 Å². The van der Waals surface area contributed by atoms with Gasteiger partial charge in [-0.15, -0.1) is 0 Å². The van der Waals surface area contributed by atoms with Crippen molar-refractivity contribution in [2.24, 2.45) is 0 Å². The first kappa shape index (κ1) is 65.3. The van der Waals surface area contributed by atoms with Crippen molar-refractivity contribution in [3.05, 3.63) is 281 Å². The second kappa shape index (κ2) is 29.3. The van der Waals surface area contributed by atoms with E-state index < -0.39 is 35.8 Å². The maximum atomic E-state index is 14.4. The third kappa shape index (κ3) is 16.1. The van der Waals surface area contributed by atoms with Crippen molar-refractivity contribution in [1.29, 1.82) is 0 Å². The lowest BCUT2D eigenvalue weighted by Gasteiger charge is -2.19. The number of hydrogen-bond donors (Lipinski definition) is 4. The van der Waals surface area contributed by atoms with E-state index in [4.69, 9.17) is 37.9 Å². The van der Waals surface area contributed by atoms with Gasteiger partial charge in [0.25, 0.3) is 0 Å². The van der Waals surface area contributed by atoms with Crippen LogP contribution in [-0.2, 0) is 14.4 Å². The average molecular weight is 1300 g/mol. The minimum atomic E-state index is -1.30. The predicted octanol–water partition coefficient (Wildman–Crippen LogP) is 18.4. The number of rotatable bonds is 22. The Labute approximate surface area is 565 Å².